The van der Waals surface area contributed by atoms with Gasteiger partial charge < -0.3 is 9.84 Å². The maximum atomic E-state index is 10.7. The highest BCUT2D eigenvalue weighted by atomic mass is 16.5. The minimum Gasteiger partial charge on any atom is -0.390 e. The van der Waals surface area contributed by atoms with E-state index in [0.29, 0.717) is 23.7 Å². The summed E-state index contributed by atoms with van der Waals surface area (Å²) >= 11 is 0. The molecule has 0 spiro atoms. The summed E-state index contributed by atoms with van der Waals surface area (Å²) in [4.78, 5) is 0. The van der Waals surface area contributed by atoms with E-state index in [1.807, 2.05) is 20.1 Å². The Labute approximate surface area is 158 Å². The number of hydrogen-bond acceptors (Lipinski definition) is 3. The van der Waals surface area contributed by atoms with Gasteiger partial charge in [0.15, 0.2) is 0 Å². The van der Waals surface area contributed by atoms with E-state index < -0.39 is 5.60 Å². The van der Waals surface area contributed by atoms with Crippen molar-refractivity contribution >= 4 is 0 Å². The maximum Gasteiger partial charge on any atom is 0.0911 e. The maximum absolute atomic E-state index is 10.7. The van der Waals surface area contributed by atoms with Gasteiger partial charge in [-0.15, -0.1) is 0 Å². The highest BCUT2D eigenvalue weighted by Gasteiger charge is 2.63. The second kappa shape index (κ2) is 6.08. The lowest BCUT2D eigenvalue weighted by Crippen LogP contribution is -2.59. The summed E-state index contributed by atoms with van der Waals surface area (Å²) in [5.41, 5.74) is 1.30. The Bertz CT molecular complexity index is 647. The van der Waals surface area contributed by atoms with Crippen molar-refractivity contribution in [1.29, 1.82) is 5.26 Å². The Balaban J connectivity index is 1.71. The number of fused-ring (bicyclic) bond motifs is 5. The van der Waals surface area contributed by atoms with Crippen LogP contribution in [-0.4, -0.2) is 23.9 Å². The topological polar surface area (TPSA) is 53.2 Å². The number of allylic oxidation sites excluding steroid dienone is 2. The second-order valence-corrected chi connectivity index (χ2v) is 10.5. The van der Waals surface area contributed by atoms with Crippen molar-refractivity contribution in [2.75, 3.05) is 7.11 Å². The van der Waals surface area contributed by atoms with E-state index in [1.165, 1.54) is 24.8 Å². The normalized spacial score (nSPS) is 54.9. The third-order valence-electron chi connectivity index (χ3n) is 9.25. The average Bonchev–Trinajstić information content (AvgIpc) is 2.91. The first kappa shape index (κ1) is 18.5. The van der Waals surface area contributed by atoms with E-state index in [9.17, 15) is 10.4 Å². The number of hydrogen-bond donors (Lipinski definition) is 1. The molecule has 26 heavy (non-hydrogen) atoms. The Kier molecular flexibility index (Phi) is 4.33. The van der Waals surface area contributed by atoms with Gasteiger partial charge in [0.05, 0.1) is 17.8 Å². The van der Waals surface area contributed by atoms with Crippen LogP contribution in [0, 0.1) is 45.8 Å². The van der Waals surface area contributed by atoms with Crippen molar-refractivity contribution in [1.82, 2.24) is 0 Å². The first-order chi connectivity index (χ1) is 12.2. The largest absolute Gasteiger partial charge is 0.390 e. The Hall–Kier alpha value is -0.850. The summed E-state index contributed by atoms with van der Waals surface area (Å²) < 4.78 is 6.15. The van der Waals surface area contributed by atoms with Crippen molar-refractivity contribution in [3.05, 3.63) is 11.6 Å². The molecule has 8 atom stereocenters. The molecule has 0 bridgehead atoms. The average molecular weight is 358 g/mol. The number of methoxy groups -OCH3 is 1. The standard InChI is InChI=1S/C23H35NO2/c1-21(25)10-11-22(2)16(13-21)5-7-17-18-8-6-15(9-12-24)23(18,3)14-19(26-4)20(17)22/h9,16-20,25H,5-8,10-11,13-14H2,1-4H3/b15-9-/t16-,17-,18-,19-,20+,21+,22-,23+/m0/s1. The predicted molar refractivity (Wildman–Crippen MR) is 102 cm³/mol. The molecule has 3 heteroatoms. The monoisotopic (exact) mass is 357 g/mol. The zero-order valence-electron chi connectivity index (χ0n) is 16.9. The molecular weight excluding hydrogens is 322 g/mol. The molecule has 4 fully saturated rings. The van der Waals surface area contributed by atoms with Crippen LogP contribution >= 0.6 is 0 Å². The van der Waals surface area contributed by atoms with Gasteiger partial charge in [-0.2, -0.15) is 5.26 Å². The second-order valence-electron chi connectivity index (χ2n) is 10.5. The van der Waals surface area contributed by atoms with Gasteiger partial charge >= 0.3 is 0 Å². The molecule has 1 N–H and O–H groups in total. The zero-order chi connectivity index (χ0) is 18.7. The predicted octanol–water partition coefficient (Wildman–Crippen LogP) is 4.85. The summed E-state index contributed by atoms with van der Waals surface area (Å²) in [6.45, 7) is 6.93. The van der Waals surface area contributed by atoms with Crippen LogP contribution in [0.5, 0.6) is 0 Å². The van der Waals surface area contributed by atoms with Crippen molar-refractivity contribution < 1.29 is 9.84 Å². The fourth-order valence-electron chi connectivity index (χ4n) is 7.91. The van der Waals surface area contributed by atoms with E-state index in [2.05, 4.69) is 19.9 Å². The molecule has 0 aliphatic heterocycles. The van der Waals surface area contributed by atoms with Crippen LogP contribution < -0.4 is 0 Å². The molecule has 0 radical (unpaired) electrons. The lowest BCUT2D eigenvalue weighted by Gasteiger charge is -2.63. The number of nitrogens with zero attached hydrogens (tertiary/aromatic N) is 1. The summed E-state index contributed by atoms with van der Waals surface area (Å²) in [6.07, 6.45) is 11.0. The molecule has 3 nitrogen and oxygen atoms in total. The first-order valence-electron chi connectivity index (χ1n) is 10.6. The zero-order valence-corrected chi connectivity index (χ0v) is 16.9. The Morgan fingerprint density at radius 3 is 2.62 bits per heavy atom. The molecule has 0 heterocycles. The van der Waals surface area contributed by atoms with Crippen LogP contribution in [0.15, 0.2) is 11.6 Å². The van der Waals surface area contributed by atoms with Gasteiger partial charge in [0.1, 0.15) is 0 Å². The van der Waals surface area contributed by atoms with Gasteiger partial charge in [0, 0.05) is 13.2 Å². The third kappa shape index (κ3) is 2.52. The van der Waals surface area contributed by atoms with Gasteiger partial charge in [0.2, 0.25) is 0 Å². The highest BCUT2D eigenvalue weighted by Crippen LogP contribution is 2.68. The minimum atomic E-state index is -0.487. The molecule has 144 valence electrons. The number of nitriles is 1. The van der Waals surface area contributed by atoms with Crippen LogP contribution in [0.4, 0.5) is 0 Å². The van der Waals surface area contributed by atoms with Gasteiger partial charge in [-0.05, 0) is 92.8 Å². The number of rotatable bonds is 1. The Morgan fingerprint density at radius 1 is 1.15 bits per heavy atom. The SMILES string of the molecule is CO[C@H]1C[C@]2(C)/C(=C\C#N)CC[C@H]2[C@@H]2CC[C@H]3C[C@](C)(O)CC[C@]3(C)[C@H]21. The van der Waals surface area contributed by atoms with E-state index in [1.54, 1.807) is 0 Å². The van der Waals surface area contributed by atoms with Gasteiger partial charge in [-0.3, -0.25) is 0 Å². The summed E-state index contributed by atoms with van der Waals surface area (Å²) in [5.74, 6) is 2.61. The lowest BCUT2D eigenvalue weighted by molar-refractivity contribution is -0.186. The molecule has 4 saturated carbocycles. The number of aliphatic hydroxyl groups is 1. The van der Waals surface area contributed by atoms with E-state index in [0.717, 1.165) is 32.1 Å². The molecule has 4 rings (SSSR count). The lowest BCUT2D eigenvalue weighted by atomic mass is 9.43. The smallest absolute Gasteiger partial charge is 0.0911 e. The first-order valence-corrected chi connectivity index (χ1v) is 10.6. The van der Waals surface area contributed by atoms with E-state index in [-0.39, 0.29) is 16.9 Å². The molecule has 0 unspecified atom stereocenters. The fraction of sp³-hybridized carbons (Fsp3) is 0.870. The quantitative estimate of drug-likeness (QED) is 0.682. The van der Waals surface area contributed by atoms with Gasteiger partial charge in [-0.25, -0.2) is 0 Å². The summed E-state index contributed by atoms with van der Waals surface area (Å²) in [7, 11) is 1.89. The molecule has 4 aliphatic rings. The summed E-state index contributed by atoms with van der Waals surface area (Å²) in [6, 6.07) is 2.30. The molecule has 0 amide bonds. The van der Waals surface area contributed by atoms with Crippen LogP contribution in [0.2, 0.25) is 0 Å². The molecule has 0 aromatic heterocycles. The molecule has 4 aliphatic carbocycles. The van der Waals surface area contributed by atoms with Crippen molar-refractivity contribution in [3.63, 3.8) is 0 Å². The van der Waals surface area contributed by atoms with Crippen LogP contribution in [0.25, 0.3) is 0 Å². The van der Waals surface area contributed by atoms with E-state index >= 15 is 0 Å². The van der Waals surface area contributed by atoms with Crippen molar-refractivity contribution in [2.24, 2.45) is 34.5 Å². The van der Waals surface area contributed by atoms with Crippen molar-refractivity contribution in [3.8, 4) is 6.07 Å². The molecule has 0 saturated heterocycles. The van der Waals surface area contributed by atoms with Crippen LogP contribution in [-0.2, 0) is 4.74 Å². The van der Waals surface area contributed by atoms with Gasteiger partial charge in [-0.1, -0.05) is 19.4 Å². The fourth-order valence-corrected chi connectivity index (χ4v) is 7.91. The Morgan fingerprint density at radius 2 is 1.92 bits per heavy atom. The number of ether oxygens (including phenoxy) is 1. The molecule has 0 aromatic carbocycles. The highest BCUT2D eigenvalue weighted by molar-refractivity contribution is 5.29. The van der Waals surface area contributed by atoms with E-state index in [4.69, 9.17) is 4.74 Å². The van der Waals surface area contributed by atoms with Crippen molar-refractivity contribution in [2.45, 2.75) is 83.8 Å². The minimum absolute atomic E-state index is 0.140. The molecule has 0 aromatic rings. The van der Waals surface area contributed by atoms with Crippen LogP contribution in [0.1, 0.15) is 72.1 Å². The third-order valence-corrected chi connectivity index (χ3v) is 9.25. The molecular formula is C23H35NO2. The van der Waals surface area contributed by atoms with Crippen LogP contribution in [0.3, 0.4) is 0 Å². The summed E-state index contributed by atoms with van der Waals surface area (Å²) in [5, 5.41) is 19.9. The van der Waals surface area contributed by atoms with Gasteiger partial charge in [0.25, 0.3) is 0 Å².